The van der Waals surface area contributed by atoms with Gasteiger partial charge in [0.15, 0.2) is 5.78 Å². The highest BCUT2D eigenvalue weighted by Crippen LogP contribution is 2.33. The Kier molecular flexibility index (Phi) is 5.60. The lowest BCUT2D eigenvalue weighted by Crippen LogP contribution is -2.16. The maximum Gasteiger partial charge on any atom is 0.170 e. The van der Waals surface area contributed by atoms with Gasteiger partial charge in [0.25, 0.3) is 0 Å². The van der Waals surface area contributed by atoms with Crippen molar-refractivity contribution in [3.8, 4) is 0 Å². The largest absolute Gasteiger partial charge is 0.293 e. The molecule has 0 fully saturated rings. The SMILES string of the molecule is CC(C)CC(C(=O)c1cccc(Cl)c1)c1ccccc1Br. The Morgan fingerprint density at radius 1 is 1.14 bits per heavy atom. The Balaban J connectivity index is 2.41. The van der Waals surface area contributed by atoms with Crippen LogP contribution in [0.25, 0.3) is 0 Å². The molecule has 0 aromatic heterocycles. The third-order valence-corrected chi connectivity index (χ3v) is 4.37. The Hall–Kier alpha value is -1.12. The second-order valence-electron chi connectivity index (χ2n) is 5.58. The van der Waals surface area contributed by atoms with Crippen LogP contribution in [0.3, 0.4) is 0 Å². The number of carbonyl (C=O) groups is 1. The fourth-order valence-electron chi connectivity index (χ4n) is 2.45. The molecule has 0 saturated carbocycles. The summed E-state index contributed by atoms with van der Waals surface area (Å²) in [6.45, 7) is 4.27. The summed E-state index contributed by atoms with van der Waals surface area (Å²) in [6.07, 6.45) is 0.813. The molecular weight excluding hydrogens is 348 g/mol. The molecular formula is C18H18BrClO. The van der Waals surface area contributed by atoms with E-state index >= 15 is 0 Å². The highest BCUT2D eigenvalue weighted by atomic mass is 79.9. The molecule has 0 spiro atoms. The van der Waals surface area contributed by atoms with E-state index < -0.39 is 0 Å². The molecule has 110 valence electrons. The second kappa shape index (κ2) is 7.24. The molecule has 0 aliphatic rings. The van der Waals surface area contributed by atoms with Crippen molar-refractivity contribution in [2.24, 2.45) is 5.92 Å². The van der Waals surface area contributed by atoms with Gasteiger partial charge in [-0.1, -0.05) is 71.7 Å². The number of hydrogen-bond acceptors (Lipinski definition) is 1. The molecule has 2 rings (SSSR count). The van der Waals surface area contributed by atoms with Crippen molar-refractivity contribution in [3.63, 3.8) is 0 Å². The molecule has 0 aliphatic heterocycles. The van der Waals surface area contributed by atoms with Crippen LogP contribution in [-0.2, 0) is 0 Å². The zero-order valence-electron chi connectivity index (χ0n) is 12.1. The summed E-state index contributed by atoms with van der Waals surface area (Å²) in [5, 5.41) is 0.594. The predicted octanol–water partition coefficient (Wildman–Crippen LogP) is 6.12. The summed E-state index contributed by atoms with van der Waals surface area (Å²) in [5.41, 5.74) is 1.71. The summed E-state index contributed by atoms with van der Waals surface area (Å²) in [7, 11) is 0. The summed E-state index contributed by atoms with van der Waals surface area (Å²) >= 11 is 9.58. The molecule has 2 aromatic rings. The molecule has 1 unspecified atom stereocenters. The molecule has 0 amide bonds. The number of carbonyl (C=O) groups excluding carboxylic acids is 1. The van der Waals surface area contributed by atoms with Crippen LogP contribution in [0, 0.1) is 5.92 Å². The van der Waals surface area contributed by atoms with E-state index in [1.165, 1.54) is 0 Å². The van der Waals surface area contributed by atoms with Gasteiger partial charge in [0, 0.05) is 21.0 Å². The van der Waals surface area contributed by atoms with Crippen LogP contribution in [0.5, 0.6) is 0 Å². The third-order valence-electron chi connectivity index (χ3n) is 3.41. The van der Waals surface area contributed by atoms with Crippen molar-refractivity contribution < 1.29 is 4.79 Å². The standard InChI is InChI=1S/C18H18BrClO/c1-12(2)10-16(15-8-3-4-9-17(15)19)18(21)13-6-5-7-14(20)11-13/h3-9,11-12,16H,10H2,1-2H3. The average molecular weight is 366 g/mol. The lowest BCUT2D eigenvalue weighted by molar-refractivity contribution is 0.0948. The van der Waals surface area contributed by atoms with Crippen molar-refractivity contribution in [1.29, 1.82) is 0 Å². The van der Waals surface area contributed by atoms with E-state index in [1.807, 2.05) is 36.4 Å². The molecule has 0 aliphatic carbocycles. The average Bonchev–Trinajstić information content (AvgIpc) is 2.45. The molecule has 1 atom stereocenters. The van der Waals surface area contributed by atoms with E-state index in [0.717, 1.165) is 16.5 Å². The Morgan fingerprint density at radius 3 is 2.48 bits per heavy atom. The number of ketones is 1. The first-order valence-electron chi connectivity index (χ1n) is 7.03. The third kappa shape index (κ3) is 4.18. The van der Waals surface area contributed by atoms with Gasteiger partial charge in [0.2, 0.25) is 0 Å². The van der Waals surface area contributed by atoms with E-state index in [4.69, 9.17) is 11.6 Å². The minimum Gasteiger partial charge on any atom is -0.293 e. The van der Waals surface area contributed by atoms with E-state index in [2.05, 4.69) is 29.8 Å². The van der Waals surface area contributed by atoms with Crippen molar-refractivity contribution >= 4 is 33.3 Å². The van der Waals surface area contributed by atoms with Crippen LogP contribution in [0.2, 0.25) is 5.02 Å². The molecule has 1 nitrogen and oxygen atoms in total. The highest BCUT2D eigenvalue weighted by molar-refractivity contribution is 9.10. The van der Waals surface area contributed by atoms with Gasteiger partial charge in [-0.25, -0.2) is 0 Å². The van der Waals surface area contributed by atoms with Gasteiger partial charge in [0.05, 0.1) is 0 Å². The maximum absolute atomic E-state index is 12.9. The first-order chi connectivity index (χ1) is 9.99. The van der Waals surface area contributed by atoms with Gasteiger partial charge in [-0.3, -0.25) is 4.79 Å². The quantitative estimate of drug-likeness (QED) is 0.584. The fraction of sp³-hybridized carbons (Fsp3) is 0.278. The summed E-state index contributed by atoms with van der Waals surface area (Å²) < 4.78 is 0.978. The first-order valence-corrected chi connectivity index (χ1v) is 8.20. The zero-order valence-corrected chi connectivity index (χ0v) is 14.5. The van der Waals surface area contributed by atoms with Crippen LogP contribution in [0.1, 0.15) is 42.1 Å². The Bertz CT molecular complexity index is 637. The van der Waals surface area contributed by atoms with E-state index in [-0.39, 0.29) is 11.7 Å². The summed E-state index contributed by atoms with van der Waals surface area (Å²) in [4.78, 5) is 12.9. The number of halogens is 2. The molecule has 0 N–H and O–H groups in total. The molecule has 0 radical (unpaired) electrons. The van der Waals surface area contributed by atoms with Gasteiger partial charge in [-0.2, -0.15) is 0 Å². The number of rotatable bonds is 5. The predicted molar refractivity (Wildman–Crippen MR) is 92.1 cm³/mol. The van der Waals surface area contributed by atoms with Gasteiger partial charge < -0.3 is 0 Å². The van der Waals surface area contributed by atoms with Crippen LogP contribution in [-0.4, -0.2) is 5.78 Å². The Morgan fingerprint density at radius 2 is 1.86 bits per heavy atom. The molecule has 21 heavy (non-hydrogen) atoms. The summed E-state index contributed by atoms with van der Waals surface area (Å²) in [5.74, 6) is 0.405. The summed E-state index contributed by atoms with van der Waals surface area (Å²) in [6, 6.07) is 15.1. The minimum atomic E-state index is -0.154. The number of Topliss-reactive ketones (excluding diaryl/α,β-unsaturated/α-hetero) is 1. The molecule has 0 heterocycles. The van der Waals surface area contributed by atoms with Gasteiger partial charge in [-0.05, 0) is 36.1 Å². The van der Waals surface area contributed by atoms with Gasteiger partial charge in [-0.15, -0.1) is 0 Å². The van der Waals surface area contributed by atoms with Crippen LogP contribution < -0.4 is 0 Å². The Labute approximate surface area is 139 Å². The molecule has 0 bridgehead atoms. The topological polar surface area (TPSA) is 17.1 Å². The van der Waals surface area contributed by atoms with Crippen LogP contribution >= 0.6 is 27.5 Å². The van der Waals surface area contributed by atoms with Crippen molar-refractivity contribution in [1.82, 2.24) is 0 Å². The zero-order chi connectivity index (χ0) is 15.4. The van der Waals surface area contributed by atoms with E-state index in [9.17, 15) is 4.79 Å². The molecule has 3 heteroatoms. The lowest BCUT2D eigenvalue weighted by atomic mass is 9.84. The molecule has 0 saturated heterocycles. The van der Waals surface area contributed by atoms with E-state index in [0.29, 0.717) is 16.5 Å². The van der Waals surface area contributed by atoms with Crippen molar-refractivity contribution in [3.05, 3.63) is 69.2 Å². The van der Waals surface area contributed by atoms with E-state index in [1.54, 1.807) is 12.1 Å². The molecule has 2 aromatic carbocycles. The highest BCUT2D eigenvalue weighted by Gasteiger charge is 2.24. The smallest absolute Gasteiger partial charge is 0.170 e. The number of hydrogen-bond donors (Lipinski definition) is 0. The van der Waals surface area contributed by atoms with Gasteiger partial charge in [0.1, 0.15) is 0 Å². The minimum absolute atomic E-state index is 0.123. The fourth-order valence-corrected chi connectivity index (χ4v) is 3.20. The lowest BCUT2D eigenvalue weighted by Gasteiger charge is -2.20. The maximum atomic E-state index is 12.9. The van der Waals surface area contributed by atoms with Gasteiger partial charge >= 0.3 is 0 Å². The van der Waals surface area contributed by atoms with Crippen LogP contribution in [0.4, 0.5) is 0 Å². The van der Waals surface area contributed by atoms with Crippen molar-refractivity contribution in [2.45, 2.75) is 26.2 Å². The second-order valence-corrected chi connectivity index (χ2v) is 6.87. The first kappa shape index (κ1) is 16.3. The van der Waals surface area contributed by atoms with Crippen LogP contribution in [0.15, 0.2) is 53.0 Å². The van der Waals surface area contributed by atoms with Crippen molar-refractivity contribution in [2.75, 3.05) is 0 Å². The normalized spacial score (nSPS) is 12.4. The monoisotopic (exact) mass is 364 g/mol. The number of benzene rings is 2.